The third-order valence-electron chi connectivity index (χ3n) is 25.8. The highest BCUT2D eigenvalue weighted by molar-refractivity contribution is 7.20. The summed E-state index contributed by atoms with van der Waals surface area (Å²) in [6, 6.07) is 19.3. The number of likely N-dealkylation sites (tertiary alicyclic amines) is 4. The van der Waals surface area contributed by atoms with Gasteiger partial charge in [0.25, 0.3) is 23.6 Å². The molecule has 0 bridgehead atoms. The summed E-state index contributed by atoms with van der Waals surface area (Å²) in [5, 5.41) is 15.6. The molecule has 41 heteroatoms. The fourth-order valence-electron chi connectivity index (χ4n) is 18.3. The van der Waals surface area contributed by atoms with Crippen molar-refractivity contribution in [2.24, 2.45) is 35.5 Å². The number of thiazole rings is 4. The Labute approximate surface area is 824 Å². The highest BCUT2D eigenvalue weighted by Crippen LogP contribution is 2.39. The highest BCUT2D eigenvalue weighted by Gasteiger charge is 2.41. The maximum absolute atomic E-state index is 13.9. The van der Waals surface area contributed by atoms with E-state index in [-0.39, 0.29) is 136 Å². The van der Waals surface area contributed by atoms with Crippen LogP contribution in [0.2, 0.25) is 0 Å². The molecule has 730 valence electrons. The first-order valence-electron chi connectivity index (χ1n) is 47.0. The first-order valence-corrected chi connectivity index (χ1v) is 50.3. The molecular formula is C100H103F5N24O8S4. The topological polar surface area (TPSA) is 404 Å². The molecule has 12 aromatic heterocycles. The number of anilines is 4. The Kier molecular flexibility index (Phi) is 30.9. The van der Waals surface area contributed by atoms with Crippen LogP contribution >= 0.6 is 45.3 Å². The predicted molar refractivity (Wildman–Crippen MR) is 525 cm³/mol. The quantitative estimate of drug-likeness (QED) is 0.0250. The number of benzene rings is 2. The van der Waals surface area contributed by atoms with Crippen LogP contribution < -0.4 is 21.3 Å². The number of amides is 4. The molecule has 4 saturated heterocycles. The summed E-state index contributed by atoms with van der Waals surface area (Å²) in [5.41, 5.74) is 6.15. The van der Waals surface area contributed by atoms with Crippen LogP contribution in [0, 0.1) is 92.3 Å². The zero-order valence-electron chi connectivity index (χ0n) is 78.7. The number of rotatable bonds is 29. The van der Waals surface area contributed by atoms with E-state index < -0.39 is 29.1 Å². The van der Waals surface area contributed by atoms with Crippen LogP contribution in [-0.2, 0) is 9.59 Å². The van der Waals surface area contributed by atoms with Crippen molar-refractivity contribution in [3.05, 3.63) is 234 Å². The molecule has 0 spiro atoms. The maximum Gasteiger partial charge on any atom is 0.274 e. The smallest absolute Gasteiger partial charge is 0.274 e. The number of ketones is 4. The summed E-state index contributed by atoms with van der Waals surface area (Å²) in [7, 11) is 0. The lowest BCUT2D eigenvalue weighted by atomic mass is 9.81. The van der Waals surface area contributed by atoms with E-state index in [1.165, 1.54) is 114 Å². The summed E-state index contributed by atoms with van der Waals surface area (Å²) in [6.45, 7) is 18.7. The predicted octanol–water partition coefficient (Wildman–Crippen LogP) is 18.5. The van der Waals surface area contributed by atoms with Gasteiger partial charge >= 0.3 is 0 Å². The average Bonchev–Trinajstić information content (AvgIpc) is 1.71. The van der Waals surface area contributed by atoms with Gasteiger partial charge in [-0.3, -0.25) is 58.3 Å². The van der Waals surface area contributed by atoms with E-state index in [2.05, 4.69) is 101 Å². The minimum Gasteiger partial charge on any atom is -0.348 e. The molecule has 6 fully saturated rings. The number of aryl methyl sites for hydroxylation is 4. The molecule has 4 atom stereocenters. The van der Waals surface area contributed by atoms with Gasteiger partial charge in [0.2, 0.25) is 23.8 Å². The maximum atomic E-state index is 13.9. The molecule has 6 aliphatic rings. The Hall–Kier alpha value is -13.7. The molecule has 4 N–H and O–H groups in total. The number of Topliss-reactive ketones (excluding diaryl/α,β-unsaturated/α-hetero) is 4. The first kappa shape index (κ1) is 98.9. The lowest BCUT2D eigenvalue weighted by Crippen LogP contribution is -2.51. The van der Waals surface area contributed by atoms with Crippen molar-refractivity contribution in [3.63, 3.8) is 0 Å². The molecule has 141 heavy (non-hydrogen) atoms. The van der Waals surface area contributed by atoms with E-state index in [4.69, 9.17) is 0 Å². The van der Waals surface area contributed by atoms with Gasteiger partial charge in [-0.2, -0.15) is 19.9 Å². The molecule has 4 unspecified atom stereocenters. The summed E-state index contributed by atoms with van der Waals surface area (Å²) in [5.74, 6) is -0.451. The lowest BCUT2D eigenvalue weighted by molar-refractivity contribution is -0.126. The van der Waals surface area contributed by atoms with Crippen molar-refractivity contribution in [1.29, 1.82) is 0 Å². The third kappa shape index (κ3) is 24.2. The Balaban J connectivity index is 0.000000130. The van der Waals surface area contributed by atoms with Gasteiger partial charge in [-0.1, -0.05) is 87.4 Å². The van der Waals surface area contributed by atoms with E-state index >= 15 is 0 Å². The van der Waals surface area contributed by atoms with Crippen LogP contribution in [-0.4, -0.2) is 198 Å². The number of halogens is 5. The third-order valence-corrected chi connectivity index (χ3v) is 29.7. The number of carbonyl (C=O) groups excluding carboxylic acids is 8. The number of carbonyl (C=O) groups is 8. The molecule has 0 radical (unpaired) electrons. The van der Waals surface area contributed by atoms with Crippen LogP contribution in [0.25, 0.3) is 41.4 Å². The fourth-order valence-corrected chi connectivity index (χ4v) is 21.6. The average molecular weight is 1990 g/mol. The zero-order valence-corrected chi connectivity index (χ0v) is 82.0. The largest absolute Gasteiger partial charge is 0.348 e. The van der Waals surface area contributed by atoms with Crippen molar-refractivity contribution in [3.8, 4) is 0 Å². The summed E-state index contributed by atoms with van der Waals surface area (Å²) in [4.78, 5) is 180. The molecule has 2 aliphatic carbocycles. The number of nitrogens with one attached hydrogen (secondary N) is 4. The fraction of sp³-hybridized carbons (Fsp3) is 0.400. The van der Waals surface area contributed by atoms with E-state index in [1.54, 1.807) is 56.5 Å². The summed E-state index contributed by atoms with van der Waals surface area (Å²) in [6.07, 6.45) is 23.5. The normalized spacial score (nSPS) is 16.1. The van der Waals surface area contributed by atoms with Crippen LogP contribution in [0.3, 0.4) is 0 Å². The summed E-state index contributed by atoms with van der Waals surface area (Å²) >= 11 is 5.48. The lowest BCUT2D eigenvalue weighted by Gasteiger charge is -2.39. The first-order chi connectivity index (χ1) is 67.9. The van der Waals surface area contributed by atoms with Gasteiger partial charge in [-0.25, -0.2) is 61.8 Å². The molecule has 14 aromatic rings. The van der Waals surface area contributed by atoms with E-state index in [9.17, 15) is 60.3 Å². The number of aromatic nitrogens is 16. The molecule has 32 nitrogen and oxygen atoms in total. The van der Waals surface area contributed by atoms with Crippen molar-refractivity contribution >= 4 is 157 Å². The minimum absolute atomic E-state index is 0.0559. The second-order valence-electron chi connectivity index (χ2n) is 36.8. The molecule has 2 aromatic carbocycles. The van der Waals surface area contributed by atoms with Crippen LogP contribution in [0.5, 0.6) is 0 Å². The van der Waals surface area contributed by atoms with Crippen molar-refractivity contribution in [2.45, 2.75) is 169 Å². The van der Waals surface area contributed by atoms with E-state index in [0.29, 0.717) is 176 Å². The van der Waals surface area contributed by atoms with Gasteiger partial charge in [0, 0.05) is 144 Å². The molecular weight excluding hydrogens is 1890 g/mol. The zero-order chi connectivity index (χ0) is 99.0. The van der Waals surface area contributed by atoms with Gasteiger partial charge in [-0.05, 0) is 133 Å². The SMILES string of the molecule is Cc1nc2nc(NC(C)c3cncc(F)c3)nc(C(=O)N3CC(CC(=O)C4CCCCC4)C3)c2s1.Cc1nc2nc(NC(C)c3cncc(F)c3)nc(C(=O)N3CC(CC(=O)CC4CCCC4)C3)c2s1.Cc1nc2nc(NC(C)c3cncc(F)c3)nc(C(=O)N3CC(CC(=O)c4ccccc4)C3)c2s1.Cc1nc2nc(NC(C)c3cncc(F)c3)nc(C(=O)N3CC(CC(=O)c4ccccc4F)C3)c2s1. The number of fused-ring (bicyclic) bond motifs is 4. The Morgan fingerprint density at radius 3 is 0.972 bits per heavy atom. The van der Waals surface area contributed by atoms with Crippen molar-refractivity contribution < 1.29 is 60.3 Å². The Bertz CT molecular complexity index is 7020. The highest BCUT2D eigenvalue weighted by atomic mass is 32.1. The molecule has 16 heterocycles. The van der Waals surface area contributed by atoms with Crippen LogP contribution in [0.1, 0.15) is 247 Å². The number of hydrogen-bond donors (Lipinski definition) is 4. The van der Waals surface area contributed by atoms with Gasteiger partial charge in [0.15, 0.2) is 56.9 Å². The second kappa shape index (κ2) is 44.0. The molecule has 2 saturated carbocycles. The second-order valence-corrected chi connectivity index (χ2v) is 41.7. The molecule has 4 amide bonds. The van der Waals surface area contributed by atoms with Crippen LogP contribution in [0.15, 0.2) is 128 Å². The summed E-state index contributed by atoms with van der Waals surface area (Å²) < 4.78 is 70.8. The van der Waals surface area contributed by atoms with Crippen molar-refractivity contribution in [1.82, 2.24) is 99.3 Å². The molecule has 4 aliphatic heterocycles. The minimum atomic E-state index is -0.540. The van der Waals surface area contributed by atoms with Crippen LogP contribution in [0.4, 0.5) is 45.7 Å². The van der Waals surface area contributed by atoms with Gasteiger partial charge in [0.05, 0.1) is 74.5 Å². The van der Waals surface area contributed by atoms with Gasteiger partial charge in [-0.15, -0.1) is 45.3 Å². The van der Waals surface area contributed by atoms with Gasteiger partial charge in [0.1, 0.15) is 59.5 Å². The standard InChI is InChI=1S/C25H22F2N6O2S.2C25H29FN6O2S.C25H23FN6O2S/c1-13(16-8-17(26)10-28-9-16)29-25-31-21(22-23(32-25)30-14(2)36-22)24(35)33-11-15(12-33)7-20(34)18-5-3-4-6-19(18)27;1-14(18-9-19(26)11-27-10-18)28-25-30-21(22-23(31-25)29-15(2)35-22)24(34)32-12-17(13-32)8-20(33)7-16-5-3-4-6-16;2*1-14(18-9-19(26)11-27-10-18)28-25-30-21(22-23(31-25)29-15(2)35-22)24(34)32-12-16(13-32)8-20(33)17-6-4-3-5-7-17/h3-6,8-10,13,15H,7,11-12H2,1-2H3,(H,29,31,32);2*9-11,14,16-17H,3-8,12-13H2,1-2H3,(H,28,30,31);3-7,9-11,14,16H,8,12-13H2,1-2H3,(H,28,30,31). The van der Waals surface area contributed by atoms with Crippen molar-refractivity contribution in [2.75, 3.05) is 73.6 Å². The molecule has 20 rings (SSSR count). The Morgan fingerprint density at radius 1 is 0.340 bits per heavy atom. The van der Waals surface area contributed by atoms with Gasteiger partial charge < -0.3 is 40.9 Å². The van der Waals surface area contributed by atoms with E-state index in [1.807, 2.05) is 85.7 Å². The monoisotopic (exact) mass is 1990 g/mol. The number of pyridine rings is 4. The Morgan fingerprint density at radius 2 is 0.638 bits per heavy atom. The number of hydrogen-bond acceptors (Lipinski definition) is 32. The number of nitrogens with zero attached hydrogens (tertiary/aromatic N) is 20. The van der Waals surface area contributed by atoms with E-state index in [0.717, 1.165) is 70.5 Å².